The summed E-state index contributed by atoms with van der Waals surface area (Å²) in [5, 5.41) is 0. The number of carbonyl (C=O) groups excluding carboxylic acids is 1. The number of carbonyl (C=O) groups is 1. The second-order valence-corrected chi connectivity index (χ2v) is 7.23. The minimum absolute atomic E-state index is 0. The number of para-hydroxylation sites is 2. The van der Waals surface area contributed by atoms with Gasteiger partial charge in [0.15, 0.2) is 11.5 Å². The molecule has 0 amide bonds. The molecule has 2 N–H and O–H groups in total. The molecule has 0 aromatic heterocycles. The summed E-state index contributed by atoms with van der Waals surface area (Å²) in [6, 6.07) is 23.7. The number of hydrogen-bond donors (Lipinski definition) is 1. The molecule has 0 spiro atoms. The van der Waals surface area contributed by atoms with Gasteiger partial charge in [0.05, 0.1) is 12.5 Å². The molecule has 0 saturated carbocycles. The second kappa shape index (κ2) is 10.1. The topological polar surface area (TPSA) is 70.8 Å². The number of benzene rings is 3. The van der Waals surface area contributed by atoms with Crippen LogP contribution in [0.25, 0.3) is 0 Å². The van der Waals surface area contributed by atoms with Gasteiger partial charge in [0.2, 0.25) is 0 Å². The zero-order valence-corrected chi connectivity index (χ0v) is 18.0. The van der Waals surface area contributed by atoms with E-state index < -0.39 is 11.5 Å². The third-order valence-electron chi connectivity index (χ3n) is 4.76. The number of rotatable bonds is 7. The fourth-order valence-electron chi connectivity index (χ4n) is 2.92. The van der Waals surface area contributed by atoms with Crippen LogP contribution in [0, 0.1) is 5.41 Å². The number of esters is 1. The normalized spacial score (nSPS) is 11.7. The highest BCUT2D eigenvalue weighted by Crippen LogP contribution is 2.40. The van der Waals surface area contributed by atoms with Crippen LogP contribution in [0.3, 0.4) is 0 Å². The molecule has 1 atom stereocenters. The van der Waals surface area contributed by atoms with Crippen molar-refractivity contribution in [3.8, 4) is 23.0 Å². The Hall–Kier alpha value is -3.02. The van der Waals surface area contributed by atoms with Crippen LogP contribution in [0.5, 0.6) is 23.0 Å². The lowest BCUT2D eigenvalue weighted by Crippen LogP contribution is -2.37. The molecule has 0 saturated heterocycles. The maximum absolute atomic E-state index is 12.2. The minimum Gasteiger partial charge on any atom is -0.469 e. The monoisotopic (exact) mass is 427 g/mol. The van der Waals surface area contributed by atoms with Crippen molar-refractivity contribution < 1.29 is 19.0 Å². The van der Waals surface area contributed by atoms with E-state index in [1.165, 1.54) is 7.11 Å². The van der Waals surface area contributed by atoms with Crippen molar-refractivity contribution in [3.63, 3.8) is 0 Å². The Morgan fingerprint density at radius 1 is 0.833 bits per heavy atom. The molecule has 0 aliphatic rings. The van der Waals surface area contributed by atoms with Crippen LogP contribution in [0.1, 0.15) is 25.5 Å². The highest BCUT2D eigenvalue weighted by molar-refractivity contribution is 5.85. The maximum atomic E-state index is 12.2. The van der Waals surface area contributed by atoms with Crippen LogP contribution < -0.4 is 15.2 Å². The van der Waals surface area contributed by atoms with Crippen molar-refractivity contribution in [3.05, 3.63) is 84.4 Å². The molecule has 5 nitrogen and oxygen atoms in total. The summed E-state index contributed by atoms with van der Waals surface area (Å²) in [5.41, 5.74) is 6.26. The molecule has 0 radical (unpaired) electrons. The largest absolute Gasteiger partial charge is 0.469 e. The zero-order valence-electron chi connectivity index (χ0n) is 17.2. The highest BCUT2D eigenvalue weighted by Gasteiger charge is 2.37. The summed E-state index contributed by atoms with van der Waals surface area (Å²) in [5.74, 6) is 2.04. The first-order chi connectivity index (χ1) is 13.9. The lowest BCUT2D eigenvalue weighted by atomic mass is 9.81. The zero-order chi connectivity index (χ0) is 20.9. The first-order valence-corrected chi connectivity index (χ1v) is 9.35. The molecule has 0 aliphatic heterocycles. The van der Waals surface area contributed by atoms with Gasteiger partial charge in [-0.15, -0.1) is 12.4 Å². The first kappa shape index (κ1) is 23.3. The quantitative estimate of drug-likeness (QED) is 0.476. The standard InChI is InChI=1S/C24H25NO4.ClH/c1-24(2,23(26)27-3)22(25)17-14-15-20(28-18-10-6-4-7-11-18)21(16-17)29-19-12-8-5-9-13-19;/h4-16,22H,25H2,1-3H3;1H/t22-;/m0./s1. The molecule has 30 heavy (non-hydrogen) atoms. The van der Waals surface area contributed by atoms with E-state index in [-0.39, 0.29) is 18.4 Å². The van der Waals surface area contributed by atoms with Crippen molar-refractivity contribution >= 4 is 18.4 Å². The molecule has 3 aromatic carbocycles. The van der Waals surface area contributed by atoms with Gasteiger partial charge in [0, 0.05) is 6.04 Å². The van der Waals surface area contributed by atoms with Crippen LogP contribution in [-0.4, -0.2) is 13.1 Å². The minimum atomic E-state index is -0.902. The Bertz CT molecular complexity index is 961. The first-order valence-electron chi connectivity index (χ1n) is 9.35. The van der Waals surface area contributed by atoms with Gasteiger partial charge in [0.25, 0.3) is 0 Å². The molecule has 0 bridgehead atoms. The van der Waals surface area contributed by atoms with Crippen LogP contribution >= 0.6 is 12.4 Å². The lowest BCUT2D eigenvalue weighted by molar-refractivity contribution is -0.152. The molecule has 158 valence electrons. The van der Waals surface area contributed by atoms with Crippen molar-refractivity contribution in [2.45, 2.75) is 19.9 Å². The van der Waals surface area contributed by atoms with E-state index in [9.17, 15) is 4.79 Å². The van der Waals surface area contributed by atoms with E-state index in [1.807, 2.05) is 66.7 Å². The molecule has 0 unspecified atom stereocenters. The SMILES string of the molecule is COC(=O)C(C)(C)[C@@H](N)c1ccc(Oc2ccccc2)c(Oc2ccccc2)c1.Cl. The van der Waals surface area contributed by atoms with E-state index >= 15 is 0 Å². The van der Waals surface area contributed by atoms with Crippen molar-refractivity contribution in [1.29, 1.82) is 0 Å². The van der Waals surface area contributed by atoms with E-state index in [4.69, 9.17) is 19.9 Å². The molecule has 0 heterocycles. The van der Waals surface area contributed by atoms with E-state index in [0.29, 0.717) is 23.0 Å². The van der Waals surface area contributed by atoms with E-state index in [0.717, 1.165) is 5.56 Å². The van der Waals surface area contributed by atoms with Gasteiger partial charge in [-0.2, -0.15) is 0 Å². The Balaban J connectivity index is 0.00000320. The number of halogens is 1. The number of nitrogens with two attached hydrogens (primary N) is 1. The van der Waals surface area contributed by atoms with Crippen LogP contribution in [0.15, 0.2) is 78.9 Å². The molecule has 0 fully saturated rings. The average molecular weight is 428 g/mol. The fraction of sp³-hybridized carbons (Fsp3) is 0.208. The fourth-order valence-corrected chi connectivity index (χ4v) is 2.92. The molecule has 3 aromatic rings. The summed E-state index contributed by atoms with van der Waals surface area (Å²) in [6.45, 7) is 3.52. The average Bonchev–Trinajstić information content (AvgIpc) is 2.75. The Morgan fingerprint density at radius 2 is 1.33 bits per heavy atom. The molecule has 0 aliphatic carbocycles. The van der Waals surface area contributed by atoms with Gasteiger partial charge in [0.1, 0.15) is 11.5 Å². The Morgan fingerprint density at radius 3 is 1.83 bits per heavy atom. The summed E-state index contributed by atoms with van der Waals surface area (Å²) in [4.78, 5) is 12.2. The van der Waals surface area contributed by atoms with Crippen molar-refractivity contribution in [1.82, 2.24) is 0 Å². The van der Waals surface area contributed by atoms with Gasteiger partial charge < -0.3 is 19.9 Å². The van der Waals surface area contributed by atoms with Gasteiger partial charge in [-0.1, -0.05) is 42.5 Å². The Kier molecular flexibility index (Phi) is 7.86. The van der Waals surface area contributed by atoms with Crippen molar-refractivity contribution in [2.24, 2.45) is 11.1 Å². The Labute approximate surface area is 183 Å². The van der Waals surface area contributed by atoms with Gasteiger partial charge in [-0.3, -0.25) is 4.79 Å². The van der Waals surface area contributed by atoms with Gasteiger partial charge in [-0.05, 0) is 55.8 Å². The summed E-state index contributed by atoms with van der Waals surface area (Å²) < 4.78 is 17.0. The molecular weight excluding hydrogens is 402 g/mol. The van der Waals surface area contributed by atoms with Crippen LogP contribution in [0.4, 0.5) is 0 Å². The van der Waals surface area contributed by atoms with Crippen molar-refractivity contribution in [2.75, 3.05) is 7.11 Å². The molecule has 3 rings (SSSR count). The highest BCUT2D eigenvalue weighted by atomic mass is 35.5. The smallest absolute Gasteiger partial charge is 0.313 e. The third kappa shape index (κ3) is 5.32. The van der Waals surface area contributed by atoms with Gasteiger partial charge in [-0.25, -0.2) is 0 Å². The number of methoxy groups -OCH3 is 1. The summed E-state index contributed by atoms with van der Waals surface area (Å²) in [7, 11) is 1.36. The summed E-state index contributed by atoms with van der Waals surface area (Å²) >= 11 is 0. The number of hydrogen-bond acceptors (Lipinski definition) is 5. The van der Waals surface area contributed by atoms with Crippen LogP contribution in [0.2, 0.25) is 0 Å². The van der Waals surface area contributed by atoms with E-state index in [2.05, 4.69) is 0 Å². The molecule has 6 heteroatoms. The number of ether oxygens (including phenoxy) is 3. The lowest BCUT2D eigenvalue weighted by Gasteiger charge is -2.29. The maximum Gasteiger partial charge on any atom is 0.313 e. The second-order valence-electron chi connectivity index (χ2n) is 7.23. The molecular formula is C24H26ClNO4. The predicted molar refractivity (Wildman–Crippen MR) is 119 cm³/mol. The third-order valence-corrected chi connectivity index (χ3v) is 4.76. The van der Waals surface area contributed by atoms with E-state index in [1.54, 1.807) is 26.0 Å². The van der Waals surface area contributed by atoms with Crippen LogP contribution in [-0.2, 0) is 9.53 Å². The summed E-state index contributed by atoms with van der Waals surface area (Å²) in [6.07, 6.45) is 0. The van der Waals surface area contributed by atoms with Gasteiger partial charge >= 0.3 is 5.97 Å². The predicted octanol–water partition coefficient (Wildman–Crippen LogP) is 5.89.